The molecule has 24 heavy (non-hydrogen) atoms. The number of rotatable bonds is 6. The number of carbonyl (C=O) groups is 1. The van der Waals surface area contributed by atoms with Crippen LogP contribution in [-0.4, -0.2) is 40.9 Å². The topological polar surface area (TPSA) is 49.3 Å². The smallest absolute Gasteiger partial charge is 0.274 e. The lowest BCUT2D eigenvalue weighted by molar-refractivity contribution is 0.0779. The third-order valence-electron chi connectivity index (χ3n) is 3.66. The average Bonchev–Trinajstić information content (AvgIpc) is 2.58. The van der Waals surface area contributed by atoms with Crippen LogP contribution in [0, 0.1) is 0 Å². The van der Waals surface area contributed by atoms with Gasteiger partial charge in [0.1, 0.15) is 0 Å². The Morgan fingerprint density at radius 2 is 1.83 bits per heavy atom. The van der Waals surface area contributed by atoms with Crippen molar-refractivity contribution in [2.75, 3.05) is 25.0 Å². The van der Waals surface area contributed by atoms with E-state index < -0.39 is 0 Å². The van der Waals surface area contributed by atoms with Gasteiger partial charge in [-0.2, -0.15) is 0 Å². The number of hydrogen-bond acceptors (Lipinski definition) is 4. The van der Waals surface area contributed by atoms with Crippen LogP contribution in [0.25, 0.3) is 0 Å². The Balaban J connectivity index is 2.21. The molecule has 0 saturated heterocycles. The van der Waals surface area contributed by atoms with Crippen LogP contribution in [0.2, 0.25) is 5.02 Å². The van der Waals surface area contributed by atoms with Crippen molar-refractivity contribution in [3.05, 3.63) is 51.2 Å². The fourth-order valence-electron chi connectivity index (χ4n) is 2.28. The SMILES string of the molecule is CCN(CC)c1ncc(Cl)c(C(=O)N(C)Cc2ccc(Br)cc2)n1. The number of hydrogen-bond donors (Lipinski definition) is 0. The van der Waals surface area contributed by atoms with Gasteiger partial charge in [-0.05, 0) is 31.5 Å². The number of aromatic nitrogens is 2. The molecule has 0 atom stereocenters. The summed E-state index contributed by atoms with van der Waals surface area (Å²) in [7, 11) is 1.74. The van der Waals surface area contributed by atoms with E-state index in [-0.39, 0.29) is 16.6 Å². The van der Waals surface area contributed by atoms with Gasteiger partial charge >= 0.3 is 0 Å². The first-order valence-electron chi connectivity index (χ1n) is 7.73. The molecule has 2 rings (SSSR count). The van der Waals surface area contributed by atoms with Gasteiger partial charge < -0.3 is 9.80 Å². The van der Waals surface area contributed by atoms with Gasteiger partial charge in [0.05, 0.1) is 11.2 Å². The van der Waals surface area contributed by atoms with Crippen LogP contribution in [0.3, 0.4) is 0 Å². The van der Waals surface area contributed by atoms with Gasteiger partial charge in [0.25, 0.3) is 5.91 Å². The molecular weight excluding hydrogens is 392 g/mol. The van der Waals surface area contributed by atoms with E-state index in [0.717, 1.165) is 23.1 Å². The van der Waals surface area contributed by atoms with E-state index in [1.807, 2.05) is 43.0 Å². The van der Waals surface area contributed by atoms with Crippen molar-refractivity contribution in [2.24, 2.45) is 0 Å². The Hall–Kier alpha value is -1.66. The second-order valence-corrected chi connectivity index (χ2v) is 6.65. The van der Waals surface area contributed by atoms with Gasteiger partial charge in [0.15, 0.2) is 5.69 Å². The number of carbonyl (C=O) groups excluding carboxylic acids is 1. The van der Waals surface area contributed by atoms with Crippen LogP contribution in [0.15, 0.2) is 34.9 Å². The highest BCUT2D eigenvalue weighted by Crippen LogP contribution is 2.19. The summed E-state index contributed by atoms with van der Waals surface area (Å²) in [6.07, 6.45) is 1.49. The van der Waals surface area contributed by atoms with Gasteiger partial charge in [-0.1, -0.05) is 39.7 Å². The molecule has 0 N–H and O–H groups in total. The van der Waals surface area contributed by atoms with Crippen LogP contribution in [0.4, 0.5) is 5.95 Å². The van der Waals surface area contributed by atoms with E-state index in [2.05, 4.69) is 25.9 Å². The highest BCUT2D eigenvalue weighted by atomic mass is 79.9. The number of amides is 1. The Morgan fingerprint density at radius 1 is 1.21 bits per heavy atom. The maximum absolute atomic E-state index is 12.7. The molecule has 0 aliphatic rings. The minimum Gasteiger partial charge on any atom is -0.341 e. The van der Waals surface area contributed by atoms with Crippen molar-refractivity contribution in [3.8, 4) is 0 Å². The molecule has 5 nitrogen and oxygen atoms in total. The Kier molecular flexibility index (Phi) is 6.57. The zero-order valence-electron chi connectivity index (χ0n) is 14.0. The van der Waals surface area contributed by atoms with E-state index >= 15 is 0 Å². The zero-order valence-corrected chi connectivity index (χ0v) is 16.3. The molecule has 2 aromatic rings. The lowest BCUT2D eigenvalue weighted by Crippen LogP contribution is -2.29. The highest BCUT2D eigenvalue weighted by molar-refractivity contribution is 9.10. The molecular formula is C17H20BrClN4O. The highest BCUT2D eigenvalue weighted by Gasteiger charge is 2.19. The van der Waals surface area contributed by atoms with E-state index in [4.69, 9.17) is 11.6 Å². The quantitative estimate of drug-likeness (QED) is 0.720. The molecule has 0 fully saturated rings. The number of nitrogens with zero attached hydrogens (tertiary/aromatic N) is 4. The molecule has 1 heterocycles. The Labute approximate surface area is 155 Å². The number of anilines is 1. The van der Waals surface area contributed by atoms with Gasteiger partial charge in [-0.25, -0.2) is 9.97 Å². The summed E-state index contributed by atoms with van der Waals surface area (Å²) < 4.78 is 1.00. The van der Waals surface area contributed by atoms with E-state index in [1.54, 1.807) is 11.9 Å². The normalized spacial score (nSPS) is 10.5. The fraction of sp³-hybridized carbons (Fsp3) is 0.353. The van der Waals surface area contributed by atoms with Crippen molar-refractivity contribution in [1.29, 1.82) is 0 Å². The predicted molar refractivity (Wildman–Crippen MR) is 101 cm³/mol. The van der Waals surface area contributed by atoms with Crippen molar-refractivity contribution >= 4 is 39.4 Å². The van der Waals surface area contributed by atoms with Crippen LogP contribution < -0.4 is 4.90 Å². The zero-order chi connectivity index (χ0) is 17.7. The van der Waals surface area contributed by atoms with Crippen molar-refractivity contribution in [1.82, 2.24) is 14.9 Å². The summed E-state index contributed by atoms with van der Waals surface area (Å²) in [5, 5.41) is 0.263. The molecule has 128 valence electrons. The van der Waals surface area contributed by atoms with Gasteiger partial charge in [-0.15, -0.1) is 0 Å². The average molecular weight is 412 g/mol. The molecule has 0 unspecified atom stereocenters. The molecule has 0 bridgehead atoms. The first-order chi connectivity index (χ1) is 11.5. The molecule has 0 radical (unpaired) electrons. The third-order valence-corrected chi connectivity index (χ3v) is 4.47. The minimum absolute atomic E-state index is 0.223. The van der Waals surface area contributed by atoms with Crippen LogP contribution >= 0.6 is 27.5 Å². The third kappa shape index (κ3) is 4.45. The molecule has 0 saturated carbocycles. The van der Waals surface area contributed by atoms with Gasteiger partial charge in [-0.3, -0.25) is 4.79 Å². The summed E-state index contributed by atoms with van der Waals surface area (Å²) in [5.74, 6) is 0.295. The maximum Gasteiger partial charge on any atom is 0.274 e. The van der Waals surface area contributed by atoms with Crippen molar-refractivity contribution in [2.45, 2.75) is 20.4 Å². The van der Waals surface area contributed by atoms with E-state index in [0.29, 0.717) is 12.5 Å². The van der Waals surface area contributed by atoms with Crippen molar-refractivity contribution in [3.63, 3.8) is 0 Å². The maximum atomic E-state index is 12.7. The lowest BCUT2D eigenvalue weighted by Gasteiger charge is -2.21. The standard InChI is InChI=1S/C17H20BrClN4O/c1-4-23(5-2)17-20-10-14(19)15(21-17)16(24)22(3)11-12-6-8-13(18)9-7-12/h6-10H,4-5,11H2,1-3H3. The second kappa shape index (κ2) is 8.44. The van der Waals surface area contributed by atoms with E-state index in [9.17, 15) is 4.79 Å². The van der Waals surface area contributed by atoms with Crippen molar-refractivity contribution < 1.29 is 4.79 Å². The van der Waals surface area contributed by atoms with Gasteiger partial charge in [0, 0.05) is 31.2 Å². The van der Waals surface area contributed by atoms with Crippen LogP contribution in [-0.2, 0) is 6.54 Å². The lowest BCUT2D eigenvalue weighted by atomic mass is 10.2. The molecule has 1 amide bonds. The minimum atomic E-state index is -0.223. The molecule has 0 aliphatic heterocycles. The monoisotopic (exact) mass is 410 g/mol. The largest absolute Gasteiger partial charge is 0.341 e. The van der Waals surface area contributed by atoms with Crippen LogP contribution in [0.1, 0.15) is 29.9 Å². The fourth-order valence-corrected chi connectivity index (χ4v) is 2.72. The summed E-state index contributed by atoms with van der Waals surface area (Å²) in [6, 6.07) is 7.83. The molecule has 1 aromatic heterocycles. The summed E-state index contributed by atoms with van der Waals surface area (Å²) in [4.78, 5) is 24.9. The number of benzene rings is 1. The first-order valence-corrected chi connectivity index (χ1v) is 8.90. The van der Waals surface area contributed by atoms with Gasteiger partial charge in [0.2, 0.25) is 5.95 Å². The number of halogens is 2. The summed E-state index contributed by atoms with van der Waals surface area (Å²) >= 11 is 9.56. The molecule has 1 aromatic carbocycles. The second-order valence-electron chi connectivity index (χ2n) is 5.33. The van der Waals surface area contributed by atoms with E-state index in [1.165, 1.54) is 6.20 Å². The summed E-state index contributed by atoms with van der Waals surface area (Å²) in [5.41, 5.74) is 1.26. The first kappa shape index (κ1) is 18.7. The van der Waals surface area contributed by atoms with Crippen LogP contribution in [0.5, 0.6) is 0 Å². The molecule has 0 spiro atoms. The molecule has 0 aliphatic carbocycles. The Morgan fingerprint density at radius 3 is 2.42 bits per heavy atom. The Bertz CT molecular complexity index is 704. The molecule has 7 heteroatoms. The predicted octanol–water partition coefficient (Wildman–Crippen LogP) is 4.01. The summed E-state index contributed by atoms with van der Waals surface area (Å²) in [6.45, 7) is 6.04.